The minimum Gasteiger partial charge on any atom is -0.508 e. The summed E-state index contributed by atoms with van der Waals surface area (Å²) in [6.07, 6.45) is 1.33. The number of nitrogens with one attached hydrogen (secondary N) is 2. The average Bonchev–Trinajstić information content (AvgIpc) is 2.82. The number of aryl methyl sites for hydroxylation is 1. The molecular weight excluding hydrogens is 450 g/mol. The van der Waals surface area contributed by atoms with E-state index in [1.807, 2.05) is 25.1 Å². The molecule has 1 saturated heterocycles. The summed E-state index contributed by atoms with van der Waals surface area (Å²) in [5, 5.41) is 14.3. The maximum Gasteiger partial charge on any atom is 0.335 e. The summed E-state index contributed by atoms with van der Waals surface area (Å²) in [5.41, 5.74) is 2.07. The van der Waals surface area contributed by atoms with Crippen molar-refractivity contribution in [3.05, 3.63) is 89.5 Å². The molecule has 0 spiro atoms. The van der Waals surface area contributed by atoms with Gasteiger partial charge in [0.1, 0.15) is 17.1 Å². The fraction of sp³-hybridized carbons (Fsp3) is 0.0769. The third-order valence-electron chi connectivity index (χ3n) is 5.05. The van der Waals surface area contributed by atoms with E-state index in [1.165, 1.54) is 30.3 Å². The molecule has 0 saturated carbocycles. The number of anilines is 2. The van der Waals surface area contributed by atoms with Crippen LogP contribution in [0, 0.1) is 6.92 Å². The van der Waals surface area contributed by atoms with Crippen LogP contribution in [-0.2, 0) is 14.4 Å². The molecule has 0 unspecified atom stereocenters. The molecular formula is C26H21N3O6. The Bertz CT molecular complexity index is 1350. The van der Waals surface area contributed by atoms with Crippen LogP contribution >= 0.6 is 0 Å². The second kappa shape index (κ2) is 9.92. The summed E-state index contributed by atoms with van der Waals surface area (Å²) in [7, 11) is 0. The number of urea groups is 1. The summed E-state index contributed by atoms with van der Waals surface area (Å²) in [6, 6.07) is 18.4. The number of hydrogen-bond donors (Lipinski definition) is 3. The van der Waals surface area contributed by atoms with Crippen LogP contribution in [0.5, 0.6) is 11.5 Å². The van der Waals surface area contributed by atoms with Crippen molar-refractivity contribution in [3.63, 3.8) is 0 Å². The van der Waals surface area contributed by atoms with Crippen LogP contribution in [0.15, 0.2) is 78.4 Å². The van der Waals surface area contributed by atoms with E-state index in [0.717, 1.165) is 10.5 Å². The smallest absolute Gasteiger partial charge is 0.335 e. The van der Waals surface area contributed by atoms with E-state index in [9.17, 15) is 24.3 Å². The van der Waals surface area contributed by atoms with Crippen LogP contribution in [-0.4, -0.2) is 35.5 Å². The molecule has 3 aromatic carbocycles. The fourth-order valence-corrected chi connectivity index (χ4v) is 3.42. The Labute approximate surface area is 200 Å². The zero-order chi connectivity index (χ0) is 24.9. The first-order chi connectivity index (χ1) is 16.8. The number of nitrogens with zero attached hydrogens (tertiary/aromatic N) is 1. The van der Waals surface area contributed by atoms with Crippen LogP contribution in [0.25, 0.3) is 6.08 Å². The van der Waals surface area contributed by atoms with Gasteiger partial charge in [-0.1, -0.05) is 24.3 Å². The summed E-state index contributed by atoms with van der Waals surface area (Å²) in [4.78, 5) is 50.6. The third-order valence-corrected chi connectivity index (χ3v) is 5.05. The highest BCUT2D eigenvalue weighted by molar-refractivity contribution is 6.39. The van der Waals surface area contributed by atoms with Crippen molar-refractivity contribution >= 4 is 41.2 Å². The largest absolute Gasteiger partial charge is 0.508 e. The van der Waals surface area contributed by atoms with Gasteiger partial charge in [0.25, 0.3) is 17.7 Å². The average molecular weight is 471 g/mol. The Balaban J connectivity index is 1.48. The molecule has 1 heterocycles. The second-order valence-electron chi connectivity index (χ2n) is 7.75. The second-order valence-corrected chi connectivity index (χ2v) is 7.75. The van der Waals surface area contributed by atoms with E-state index < -0.39 is 17.8 Å². The van der Waals surface area contributed by atoms with Gasteiger partial charge in [-0.05, 0) is 72.7 Å². The molecule has 3 N–H and O–H groups in total. The van der Waals surface area contributed by atoms with Crippen LogP contribution in [0.1, 0.15) is 11.1 Å². The molecule has 1 aliphatic rings. The minimum atomic E-state index is -0.889. The normalized spacial score (nSPS) is 14.6. The molecule has 35 heavy (non-hydrogen) atoms. The van der Waals surface area contributed by atoms with Crippen LogP contribution in [0.4, 0.5) is 16.2 Å². The van der Waals surface area contributed by atoms with Gasteiger partial charge in [-0.15, -0.1) is 0 Å². The van der Waals surface area contributed by atoms with Crippen LogP contribution in [0.2, 0.25) is 0 Å². The molecule has 1 aliphatic heterocycles. The Hall–Kier alpha value is -4.92. The molecule has 176 valence electrons. The molecule has 0 atom stereocenters. The van der Waals surface area contributed by atoms with E-state index in [2.05, 4.69) is 10.6 Å². The summed E-state index contributed by atoms with van der Waals surface area (Å²) in [6.45, 7) is 1.68. The first-order valence-electron chi connectivity index (χ1n) is 10.6. The molecule has 4 rings (SSSR count). The Kier molecular flexibility index (Phi) is 6.59. The zero-order valence-electron chi connectivity index (χ0n) is 18.6. The van der Waals surface area contributed by atoms with Gasteiger partial charge in [0.15, 0.2) is 6.61 Å². The first-order valence-corrected chi connectivity index (χ1v) is 10.6. The maximum atomic E-state index is 13.0. The number of rotatable bonds is 6. The van der Waals surface area contributed by atoms with E-state index in [0.29, 0.717) is 17.0 Å². The van der Waals surface area contributed by atoms with E-state index in [1.54, 1.807) is 30.3 Å². The number of carbonyl (C=O) groups excluding carboxylic acids is 4. The van der Waals surface area contributed by atoms with Gasteiger partial charge < -0.3 is 15.2 Å². The van der Waals surface area contributed by atoms with Crippen molar-refractivity contribution in [2.75, 3.05) is 16.8 Å². The number of carbonyl (C=O) groups is 4. The Morgan fingerprint density at radius 1 is 1.03 bits per heavy atom. The molecule has 1 fully saturated rings. The van der Waals surface area contributed by atoms with Gasteiger partial charge in [0.2, 0.25) is 0 Å². The quantitative estimate of drug-likeness (QED) is 0.374. The number of barbiturate groups is 1. The van der Waals surface area contributed by atoms with Crippen molar-refractivity contribution in [2.24, 2.45) is 0 Å². The number of benzene rings is 3. The van der Waals surface area contributed by atoms with E-state index >= 15 is 0 Å². The van der Waals surface area contributed by atoms with E-state index in [-0.39, 0.29) is 29.5 Å². The molecule has 9 nitrogen and oxygen atoms in total. The summed E-state index contributed by atoms with van der Waals surface area (Å²) < 4.78 is 5.56. The monoisotopic (exact) mass is 471 g/mol. The number of aromatic hydroxyl groups is 1. The molecule has 5 amide bonds. The molecule has 9 heteroatoms. The highest BCUT2D eigenvalue weighted by Crippen LogP contribution is 2.24. The van der Waals surface area contributed by atoms with Gasteiger partial charge >= 0.3 is 6.03 Å². The van der Waals surface area contributed by atoms with Crippen molar-refractivity contribution in [2.45, 2.75) is 6.92 Å². The highest BCUT2D eigenvalue weighted by atomic mass is 16.5. The van der Waals surface area contributed by atoms with Crippen LogP contribution in [0.3, 0.4) is 0 Å². The lowest BCUT2D eigenvalue weighted by molar-refractivity contribution is -0.122. The fourth-order valence-electron chi connectivity index (χ4n) is 3.42. The number of phenols is 1. The first kappa shape index (κ1) is 23.2. The van der Waals surface area contributed by atoms with Crippen molar-refractivity contribution < 1.29 is 29.0 Å². The number of hydrogen-bond acceptors (Lipinski definition) is 6. The van der Waals surface area contributed by atoms with Gasteiger partial charge in [0.05, 0.1) is 5.69 Å². The highest BCUT2D eigenvalue weighted by Gasteiger charge is 2.36. The molecule has 0 aromatic heterocycles. The number of imide groups is 2. The lowest BCUT2D eigenvalue weighted by Gasteiger charge is -2.26. The standard InChI is InChI=1S/C26H21N3O6/c1-16-4-2-6-18(12-16)27-23(31)15-35-21-7-3-5-17(13-21)14-22-24(32)28-26(34)29(25(22)33)19-8-10-20(30)11-9-19/h2-14,30H,15H2,1H3,(H,27,31)(H,28,32,34)/b22-14-. The zero-order valence-corrected chi connectivity index (χ0v) is 18.6. The van der Waals surface area contributed by atoms with Gasteiger partial charge in [-0.2, -0.15) is 0 Å². The lowest BCUT2D eigenvalue weighted by Crippen LogP contribution is -2.54. The van der Waals surface area contributed by atoms with Crippen molar-refractivity contribution in [1.82, 2.24) is 5.32 Å². The molecule has 3 aromatic rings. The third kappa shape index (κ3) is 5.53. The van der Waals surface area contributed by atoms with Gasteiger partial charge in [-0.25, -0.2) is 9.69 Å². The van der Waals surface area contributed by atoms with Crippen LogP contribution < -0.4 is 20.3 Å². The number of amides is 5. The van der Waals surface area contributed by atoms with Crippen molar-refractivity contribution in [1.29, 1.82) is 0 Å². The summed E-state index contributed by atoms with van der Waals surface area (Å²) >= 11 is 0. The van der Waals surface area contributed by atoms with Gasteiger partial charge in [-0.3, -0.25) is 19.7 Å². The molecule has 0 aliphatic carbocycles. The topological polar surface area (TPSA) is 125 Å². The van der Waals surface area contributed by atoms with E-state index in [4.69, 9.17) is 4.74 Å². The maximum absolute atomic E-state index is 13.0. The lowest BCUT2D eigenvalue weighted by atomic mass is 10.1. The summed E-state index contributed by atoms with van der Waals surface area (Å²) in [5.74, 6) is -1.67. The minimum absolute atomic E-state index is 0.0326. The number of phenolic OH excluding ortho intramolecular Hbond substituents is 1. The Morgan fingerprint density at radius 2 is 1.77 bits per heavy atom. The molecule has 0 radical (unpaired) electrons. The number of ether oxygens (including phenoxy) is 1. The van der Waals surface area contributed by atoms with Gasteiger partial charge in [0, 0.05) is 5.69 Å². The molecule has 0 bridgehead atoms. The van der Waals surface area contributed by atoms with Crippen molar-refractivity contribution in [3.8, 4) is 11.5 Å². The predicted octanol–water partition coefficient (Wildman–Crippen LogP) is 3.38. The Morgan fingerprint density at radius 3 is 2.51 bits per heavy atom. The SMILES string of the molecule is Cc1cccc(NC(=O)COc2cccc(/C=C3/C(=O)NC(=O)N(c4ccc(O)cc4)C3=O)c2)c1. The predicted molar refractivity (Wildman–Crippen MR) is 129 cm³/mol.